The van der Waals surface area contributed by atoms with Crippen molar-refractivity contribution in [1.82, 2.24) is 0 Å². The van der Waals surface area contributed by atoms with Gasteiger partial charge in [-0.3, -0.25) is 9.59 Å². The van der Waals surface area contributed by atoms with Gasteiger partial charge in [0.1, 0.15) is 11.6 Å². The van der Waals surface area contributed by atoms with Crippen LogP contribution in [0.4, 0.5) is 14.5 Å². The highest BCUT2D eigenvalue weighted by molar-refractivity contribution is 5.95. The van der Waals surface area contributed by atoms with Crippen molar-refractivity contribution < 1.29 is 23.1 Å². The van der Waals surface area contributed by atoms with Crippen LogP contribution in [0.2, 0.25) is 0 Å². The molecule has 0 saturated carbocycles. The molecule has 1 aliphatic rings. The van der Waals surface area contributed by atoms with Crippen LogP contribution in [-0.4, -0.2) is 18.0 Å². The first-order valence-corrected chi connectivity index (χ1v) is 7.08. The van der Waals surface area contributed by atoms with Gasteiger partial charge < -0.3 is 10.1 Å². The fraction of sp³-hybridized carbons (Fsp3) is 0.375. The number of hydrogen-bond donors (Lipinski definition) is 1. The van der Waals surface area contributed by atoms with Crippen LogP contribution in [0.5, 0.6) is 0 Å². The van der Waals surface area contributed by atoms with Gasteiger partial charge in [0.15, 0.2) is 6.10 Å². The maximum Gasteiger partial charge on any atom is 0.307 e. The maximum atomic E-state index is 13.4. The number of rotatable bonds is 5. The summed E-state index contributed by atoms with van der Waals surface area (Å²) in [5.74, 6) is -2.61. The summed E-state index contributed by atoms with van der Waals surface area (Å²) in [4.78, 5) is 23.6. The van der Waals surface area contributed by atoms with E-state index < -0.39 is 29.6 Å². The molecule has 0 aromatic heterocycles. The second-order valence-corrected chi connectivity index (χ2v) is 5.22. The van der Waals surface area contributed by atoms with Gasteiger partial charge in [0.25, 0.3) is 5.91 Å². The number of carbonyl (C=O) groups is 2. The summed E-state index contributed by atoms with van der Waals surface area (Å²) in [6, 6.07) is 2.81. The molecule has 0 unspecified atom stereocenters. The number of carbonyl (C=O) groups excluding carboxylic acids is 2. The third-order valence-corrected chi connectivity index (χ3v) is 3.41. The number of anilines is 1. The fourth-order valence-electron chi connectivity index (χ4n) is 2.20. The van der Waals surface area contributed by atoms with E-state index in [-0.39, 0.29) is 18.0 Å². The van der Waals surface area contributed by atoms with Crippen molar-refractivity contribution in [3.05, 3.63) is 42.0 Å². The smallest absolute Gasteiger partial charge is 0.307 e. The Morgan fingerprint density at radius 1 is 1.41 bits per heavy atom. The molecule has 2 rings (SSSR count). The van der Waals surface area contributed by atoms with Crippen LogP contribution < -0.4 is 5.32 Å². The highest BCUT2D eigenvalue weighted by atomic mass is 19.1. The number of ether oxygens (including phenoxy) is 1. The van der Waals surface area contributed by atoms with E-state index >= 15 is 0 Å². The molecule has 0 saturated heterocycles. The molecule has 4 nitrogen and oxygen atoms in total. The summed E-state index contributed by atoms with van der Waals surface area (Å²) >= 11 is 0. The molecular weight excluding hydrogens is 292 g/mol. The largest absolute Gasteiger partial charge is 0.453 e. The summed E-state index contributed by atoms with van der Waals surface area (Å²) in [6.45, 7) is 1.40. The number of esters is 1. The summed E-state index contributed by atoms with van der Waals surface area (Å²) in [6.07, 6.45) is 4.97. The minimum Gasteiger partial charge on any atom is -0.453 e. The SMILES string of the molecule is C[C@@H](OC(=O)C[C@H]1C=CCC1)C(=O)Nc1ccc(F)cc1F. The second-order valence-electron chi connectivity index (χ2n) is 5.22. The Morgan fingerprint density at radius 3 is 2.82 bits per heavy atom. The lowest BCUT2D eigenvalue weighted by Gasteiger charge is -2.15. The molecule has 0 aliphatic heterocycles. The number of benzene rings is 1. The first-order valence-electron chi connectivity index (χ1n) is 7.08. The Hall–Kier alpha value is -2.24. The van der Waals surface area contributed by atoms with Gasteiger partial charge >= 0.3 is 5.97 Å². The number of allylic oxidation sites excluding steroid dienone is 2. The monoisotopic (exact) mass is 309 g/mol. The summed E-state index contributed by atoms with van der Waals surface area (Å²) in [7, 11) is 0. The molecule has 1 aliphatic carbocycles. The van der Waals surface area contributed by atoms with Gasteiger partial charge in [-0.25, -0.2) is 8.78 Å². The van der Waals surface area contributed by atoms with Crippen molar-refractivity contribution in [3.63, 3.8) is 0 Å². The van der Waals surface area contributed by atoms with Gasteiger partial charge in [0, 0.05) is 6.07 Å². The van der Waals surface area contributed by atoms with E-state index in [4.69, 9.17) is 4.74 Å². The number of nitrogens with one attached hydrogen (secondary N) is 1. The third kappa shape index (κ3) is 4.38. The van der Waals surface area contributed by atoms with Crippen LogP contribution in [0, 0.1) is 17.6 Å². The summed E-state index contributed by atoms with van der Waals surface area (Å²) < 4.78 is 31.2. The molecule has 0 radical (unpaired) electrons. The fourth-order valence-corrected chi connectivity index (χ4v) is 2.20. The maximum absolute atomic E-state index is 13.4. The van der Waals surface area contributed by atoms with Gasteiger partial charge in [0.05, 0.1) is 12.1 Å². The molecule has 0 bridgehead atoms. The van der Waals surface area contributed by atoms with E-state index in [9.17, 15) is 18.4 Å². The van der Waals surface area contributed by atoms with E-state index in [1.165, 1.54) is 6.92 Å². The van der Waals surface area contributed by atoms with E-state index in [1.807, 2.05) is 12.2 Å². The minimum absolute atomic E-state index is 0.150. The molecular formula is C16H17F2NO3. The standard InChI is InChI=1S/C16H17F2NO3/c1-10(22-15(20)8-11-4-2-3-5-11)16(21)19-14-7-6-12(17)9-13(14)18/h2,4,6-7,9-11H,3,5,8H2,1H3,(H,19,21)/t10-,11+/m1/s1. The molecule has 6 heteroatoms. The Balaban J connectivity index is 1.85. The number of amides is 1. The van der Waals surface area contributed by atoms with E-state index in [0.717, 1.165) is 25.0 Å². The predicted molar refractivity (Wildman–Crippen MR) is 77.0 cm³/mol. The molecule has 1 N–H and O–H groups in total. The van der Waals surface area contributed by atoms with E-state index in [0.29, 0.717) is 6.07 Å². The lowest BCUT2D eigenvalue weighted by atomic mass is 10.1. The molecule has 1 aromatic carbocycles. The molecule has 22 heavy (non-hydrogen) atoms. The summed E-state index contributed by atoms with van der Waals surface area (Å²) in [5.41, 5.74) is -0.159. The molecule has 118 valence electrons. The van der Waals surface area contributed by atoms with Crippen molar-refractivity contribution in [1.29, 1.82) is 0 Å². The Labute approximate surface area is 127 Å². The minimum atomic E-state index is -1.05. The van der Waals surface area contributed by atoms with E-state index in [1.54, 1.807) is 0 Å². The molecule has 2 atom stereocenters. The van der Waals surface area contributed by atoms with Crippen molar-refractivity contribution in [3.8, 4) is 0 Å². The van der Waals surface area contributed by atoms with Crippen molar-refractivity contribution in [2.75, 3.05) is 5.32 Å². The Bertz CT molecular complexity index is 601. The van der Waals surface area contributed by atoms with Crippen LogP contribution >= 0.6 is 0 Å². The van der Waals surface area contributed by atoms with Crippen LogP contribution in [0.1, 0.15) is 26.2 Å². The second kappa shape index (κ2) is 7.15. The normalized spacial score (nSPS) is 18.0. The highest BCUT2D eigenvalue weighted by Crippen LogP contribution is 2.21. The average Bonchev–Trinajstić information content (AvgIpc) is 2.94. The van der Waals surface area contributed by atoms with Gasteiger partial charge in [-0.05, 0) is 37.8 Å². The lowest BCUT2D eigenvalue weighted by molar-refractivity contribution is -0.153. The Morgan fingerprint density at radius 2 is 2.18 bits per heavy atom. The van der Waals surface area contributed by atoms with Crippen molar-refractivity contribution >= 4 is 17.6 Å². The zero-order valence-corrected chi connectivity index (χ0v) is 12.1. The molecule has 1 aromatic rings. The highest BCUT2D eigenvalue weighted by Gasteiger charge is 2.21. The van der Waals surface area contributed by atoms with Crippen LogP contribution in [0.15, 0.2) is 30.4 Å². The van der Waals surface area contributed by atoms with Crippen molar-refractivity contribution in [2.45, 2.75) is 32.3 Å². The first kappa shape index (κ1) is 16.1. The van der Waals surface area contributed by atoms with Gasteiger partial charge in [-0.15, -0.1) is 0 Å². The molecule has 0 spiro atoms. The quantitative estimate of drug-likeness (QED) is 0.671. The summed E-state index contributed by atoms with van der Waals surface area (Å²) in [5, 5.41) is 2.26. The van der Waals surface area contributed by atoms with Crippen LogP contribution in [0.3, 0.4) is 0 Å². The molecule has 1 amide bonds. The number of halogens is 2. The lowest BCUT2D eigenvalue weighted by Crippen LogP contribution is -2.30. The first-order chi connectivity index (χ1) is 10.5. The van der Waals surface area contributed by atoms with Crippen molar-refractivity contribution in [2.24, 2.45) is 5.92 Å². The molecule has 0 fully saturated rings. The van der Waals surface area contributed by atoms with Crippen LogP contribution in [-0.2, 0) is 14.3 Å². The number of hydrogen-bond acceptors (Lipinski definition) is 3. The zero-order valence-electron chi connectivity index (χ0n) is 12.1. The average molecular weight is 309 g/mol. The molecule has 0 heterocycles. The van der Waals surface area contributed by atoms with Gasteiger partial charge in [-0.1, -0.05) is 12.2 Å². The van der Waals surface area contributed by atoms with E-state index in [2.05, 4.69) is 5.32 Å². The predicted octanol–water partition coefficient (Wildman–Crippen LogP) is 3.19. The van der Waals surface area contributed by atoms with Crippen LogP contribution in [0.25, 0.3) is 0 Å². The third-order valence-electron chi connectivity index (χ3n) is 3.41. The zero-order chi connectivity index (χ0) is 16.1. The van der Waals surface area contributed by atoms with Gasteiger partial charge in [-0.2, -0.15) is 0 Å². The topological polar surface area (TPSA) is 55.4 Å². The Kier molecular flexibility index (Phi) is 5.25. The van der Waals surface area contributed by atoms with Gasteiger partial charge in [0.2, 0.25) is 0 Å².